The first-order chi connectivity index (χ1) is 25.1. The number of Topliss-reactive ketones (excluding diaryl/α,β-unsaturated/α-hetero) is 1. The van der Waals surface area contributed by atoms with Crippen LogP contribution in [0.5, 0.6) is 0 Å². The Bertz CT molecular complexity index is 1610. The molecule has 4 aliphatic rings. The zero-order valence-electron chi connectivity index (χ0n) is 33.9. The molecule has 0 bridgehead atoms. The Hall–Kier alpha value is -4.00. The lowest BCUT2D eigenvalue weighted by molar-refractivity contribution is -0.144. The fourth-order valence-corrected chi connectivity index (χ4v) is 7.14. The number of carbonyl (C=O) groups excluding carboxylic acids is 5. The molecule has 54 heavy (non-hydrogen) atoms. The average Bonchev–Trinajstić information content (AvgIpc) is 3.42. The number of ketones is 1. The monoisotopic (exact) mass is 751 g/mol. The fraction of sp³-hybridized carbons (Fsp3) is 0.707. The normalized spacial score (nSPS) is 24.0. The number of likely N-dealkylation sites (tertiary alicyclic amines) is 1. The molecule has 3 fully saturated rings. The van der Waals surface area contributed by atoms with Crippen molar-refractivity contribution in [3.8, 4) is 0 Å². The number of rotatable bonds is 11. The number of oxime groups is 1. The number of hydrogen-bond donors (Lipinski definition) is 3. The molecule has 298 valence electrons. The van der Waals surface area contributed by atoms with E-state index in [0.717, 1.165) is 29.5 Å². The van der Waals surface area contributed by atoms with Gasteiger partial charge in [-0.2, -0.15) is 0 Å². The van der Waals surface area contributed by atoms with E-state index < -0.39 is 64.8 Å². The topological polar surface area (TPSA) is 165 Å². The van der Waals surface area contributed by atoms with Crippen molar-refractivity contribution in [2.75, 3.05) is 19.8 Å². The number of carbonyl (C=O) groups is 5. The molecule has 0 aromatic heterocycles. The second-order valence-electron chi connectivity index (χ2n) is 18.8. The SMILES string of the molecule is CCC[C@H](NC(=O)[C@@H]1C[C@@]2(CC(c3cc(C(C)(C)C)cc(C(C)(C)C)c3)=NO2)CN1C(=O)[C@@H](NC(=O)O[C@H]1CCOC1)C(C)(C)C)C(=O)C(=O)NC1CC1. The number of ether oxygens (including phenoxy) is 2. The molecule has 2 saturated heterocycles. The average molecular weight is 752 g/mol. The van der Waals surface area contributed by atoms with Crippen LogP contribution in [0.1, 0.15) is 131 Å². The van der Waals surface area contributed by atoms with Gasteiger partial charge in [-0.15, -0.1) is 0 Å². The van der Waals surface area contributed by atoms with Crippen molar-refractivity contribution in [1.29, 1.82) is 0 Å². The van der Waals surface area contributed by atoms with Crippen LogP contribution in [0.25, 0.3) is 0 Å². The third-order valence-corrected chi connectivity index (χ3v) is 10.7. The van der Waals surface area contributed by atoms with Crippen LogP contribution >= 0.6 is 0 Å². The van der Waals surface area contributed by atoms with E-state index >= 15 is 0 Å². The summed E-state index contributed by atoms with van der Waals surface area (Å²) < 4.78 is 10.9. The number of nitrogens with one attached hydrogen (secondary N) is 3. The molecule has 1 saturated carbocycles. The quantitative estimate of drug-likeness (QED) is 0.271. The zero-order valence-corrected chi connectivity index (χ0v) is 33.9. The van der Waals surface area contributed by atoms with Crippen molar-refractivity contribution < 1.29 is 38.3 Å². The molecule has 1 aliphatic carbocycles. The summed E-state index contributed by atoms with van der Waals surface area (Å²) in [5.41, 5.74) is 1.84. The van der Waals surface area contributed by atoms with Gasteiger partial charge in [0.15, 0.2) is 5.60 Å². The molecular weight excluding hydrogens is 690 g/mol. The van der Waals surface area contributed by atoms with Crippen LogP contribution in [0.2, 0.25) is 0 Å². The molecular formula is C41H61N5O8. The van der Waals surface area contributed by atoms with E-state index in [4.69, 9.17) is 14.3 Å². The molecule has 3 heterocycles. The van der Waals surface area contributed by atoms with Gasteiger partial charge in [-0.05, 0) is 58.8 Å². The Morgan fingerprint density at radius 1 is 0.944 bits per heavy atom. The summed E-state index contributed by atoms with van der Waals surface area (Å²) >= 11 is 0. The van der Waals surface area contributed by atoms with Crippen molar-refractivity contribution in [3.05, 3.63) is 34.9 Å². The first-order valence-electron chi connectivity index (χ1n) is 19.5. The molecule has 5 rings (SSSR count). The van der Waals surface area contributed by atoms with Gasteiger partial charge in [0, 0.05) is 30.9 Å². The lowest BCUT2D eigenvalue weighted by Gasteiger charge is -2.35. The Morgan fingerprint density at radius 3 is 2.13 bits per heavy atom. The highest BCUT2D eigenvalue weighted by atomic mass is 16.7. The summed E-state index contributed by atoms with van der Waals surface area (Å²) in [6.07, 6.45) is 2.24. The van der Waals surface area contributed by atoms with E-state index in [0.29, 0.717) is 31.6 Å². The van der Waals surface area contributed by atoms with E-state index in [1.54, 1.807) is 0 Å². The summed E-state index contributed by atoms with van der Waals surface area (Å²) in [6, 6.07) is 3.25. The molecule has 13 heteroatoms. The summed E-state index contributed by atoms with van der Waals surface area (Å²) in [7, 11) is 0. The first kappa shape index (κ1) is 41.2. The van der Waals surface area contributed by atoms with Crippen molar-refractivity contribution in [1.82, 2.24) is 20.9 Å². The van der Waals surface area contributed by atoms with Crippen LogP contribution in [0, 0.1) is 5.41 Å². The van der Waals surface area contributed by atoms with E-state index in [-0.39, 0.29) is 42.9 Å². The van der Waals surface area contributed by atoms with E-state index in [2.05, 4.69) is 80.8 Å². The maximum absolute atomic E-state index is 14.7. The van der Waals surface area contributed by atoms with Crippen LogP contribution in [0.3, 0.4) is 0 Å². The zero-order chi connectivity index (χ0) is 39.8. The van der Waals surface area contributed by atoms with E-state index in [9.17, 15) is 24.0 Å². The molecule has 13 nitrogen and oxygen atoms in total. The molecule has 0 unspecified atom stereocenters. The minimum absolute atomic E-state index is 0.0103. The van der Waals surface area contributed by atoms with Gasteiger partial charge in [0.1, 0.15) is 18.2 Å². The number of nitrogens with zero attached hydrogens (tertiary/aromatic N) is 2. The third kappa shape index (κ3) is 9.80. The highest BCUT2D eigenvalue weighted by Crippen LogP contribution is 2.41. The summed E-state index contributed by atoms with van der Waals surface area (Å²) in [4.78, 5) is 75.9. The predicted molar refractivity (Wildman–Crippen MR) is 204 cm³/mol. The maximum Gasteiger partial charge on any atom is 0.408 e. The maximum atomic E-state index is 14.7. The highest BCUT2D eigenvalue weighted by molar-refractivity contribution is 6.38. The van der Waals surface area contributed by atoms with Gasteiger partial charge in [-0.3, -0.25) is 19.2 Å². The smallest absolute Gasteiger partial charge is 0.408 e. The van der Waals surface area contributed by atoms with E-state index in [1.807, 2.05) is 27.7 Å². The van der Waals surface area contributed by atoms with Gasteiger partial charge in [-0.25, -0.2) is 4.79 Å². The summed E-state index contributed by atoms with van der Waals surface area (Å²) in [5.74, 6) is -2.51. The van der Waals surface area contributed by atoms with Crippen molar-refractivity contribution in [3.63, 3.8) is 0 Å². The Balaban J connectivity index is 1.44. The lowest BCUT2D eigenvalue weighted by atomic mass is 9.78. The summed E-state index contributed by atoms with van der Waals surface area (Å²) in [5, 5.41) is 12.9. The van der Waals surface area contributed by atoms with E-state index in [1.165, 1.54) is 4.90 Å². The van der Waals surface area contributed by atoms with Gasteiger partial charge < -0.3 is 35.2 Å². The highest BCUT2D eigenvalue weighted by Gasteiger charge is 2.56. The second kappa shape index (κ2) is 15.6. The number of benzene rings is 1. The number of hydrogen-bond acceptors (Lipinski definition) is 9. The van der Waals surface area contributed by atoms with Crippen LogP contribution in [0.15, 0.2) is 23.4 Å². The number of alkyl carbamates (subject to hydrolysis) is 1. The molecule has 4 amide bonds. The largest absolute Gasteiger partial charge is 0.444 e. The molecule has 3 N–H and O–H groups in total. The van der Waals surface area contributed by atoms with Gasteiger partial charge in [0.05, 0.1) is 31.5 Å². The van der Waals surface area contributed by atoms with Crippen molar-refractivity contribution in [2.24, 2.45) is 10.6 Å². The first-order valence-corrected chi connectivity index (χ1v) is 19.5. The van der Waals surface area contributed by atoms with Crippen LogP contribution in [-0.2, 0) is 44.3 Å². The fourth-order valence-electron chi connectivity index (χ4n) is 7.14. The van der Waals surface area contributed by atoms with Crippen LogP contribution < -0.4 is 16.0 Å². The molecule has 1 spiro atoms. The minimum atomic E-state index is -1.08. The van der Waals surface area contributed by atoms with Crippen molar-refractivity contribution in [2.45, 2.75) is 161 Å². The predicted octanol–water partition coefficient (Wildman–Crippen LogP) is 4.81. The summed E-state index contributed by atoms with van der Waals surface area (Å²) in [6.45, 7) is 21.1. The lowest BCUT2D eigenvalue weighted by Crippen LogP contribution is -2.59. The Morgan fingerprint density at radius 2 is 1.59 bits per heavy atom. The second-order valence-corrected chi connectivity index (χ2v) is 18.8. The van der Waals surface area contributed by atoms with Gasteiger partial charge in [0.2, 0.25) is 17.6 Å². The Labute approximate surface area is 320 Å². The third-order valence-electron chi connectivity index (χ3n) is 10.7. The molecule has 1 aromatic carbocycles. The molecule has 0 radical (unpaired) electrons. The van der Waals surface area contributed by atoms with Crippen LogP contribution in [-0.4, -0.2) is 95.8 Å². The standard InChI is InChI=1S/C41H61N5O8/c1-11-12-29(32(47)35(49)42-27-13-14-27)43-34(48)31-21-41(20-30(45-54-41)24-17-25(38(2,3)4)19-26(18-24)39(5,6)7)23-46(31)36(50)33(40(8,9)10)44-37(51)53-28-15-16-52-22-28/h17-19,27-29,31,33H,11-16,20-23H2,1-10H3,(H,42,49)(H,43,48)(H,44,51)/t28-,29-,31-,33+,41-/m0/s1. The molecule has 3 aliphatic heterocycles. The minimum Gasteiger partial charge on any atom is -0.444 e. The number of amides is 4. The van der Waals surface area contributed by atoms with Gasteiger partial charge in [0.25, 0.3) is 5.91 Å². The Kier molecular flexibility index (Phi) is 11.9. The van der Waals surface area contributed by atoms with Gasteiger partial charge >= 0.3 is 6.09 Å². The van der Waals surface area contributed by atoms with Crippen molar-refractivity contribution >= 4 is 35.3 Å². The van der Waals surface area contributed by atoms with Crippen LogP contribution in [0.4, 0.5) is 4.79 Å². The van der Waals surface area contributed by atoms with Gasteiger partial charge in [-0.1, -0.05) is 86.9 Å². The molecule has 5 atom stereocenters. The molecule has 1 aromatic rings.